The highest BCUT2D eigenvalue weighted by Crippen LogP contribution is 2.30. The summed E-state index contributed by atoms with van der Waals surface area (Å²) in [5.74, 6) is -2.13. The van der Waals surface area contributed by atoms with Crippen LogP contribution >= 0.6 is 0 Å². The Balaban J connectivity index is 3.24. The van der Waals surface area contributed by atoms with Crippen LogP contribution in [0.2, 0.25) is 0 Å². The monoisotopic (exact) mass is 364 g/mol. The normalized spacial score (nSPS) is 30.2. The van der Waals surface area contributed by atoms with Gasteiger partial charge in [-0.05, 0) is 0 Å². The predicted molar refractivity (Wildman–Crippen MR) is 80.2 cm³/mol. The molecule has 1 aliphatic rings. The Kier molecular flexibility index (Phi) is 8.23. The van der Waals surface area contributed by atoms with Gasteiger partial charge in [-0.3, -0.25) is 14.4 Å². The molecule has 1 N–H and O–H groups in total. The molecule has 10 nitrogen and oxygen atoms in total. The van der Waals surface area contributed by atoms with Crippen LogP contribution < -0.4 is 0 Å². The van der Waals surface area contributed by atoms with Crippen LogP contribution in [0.15, 0.2) is 0 Å². The average Bonchev–Trinajstić information content (AvgIpc) is 2.50. The largest absolute Gasteiger partial charge is 0.456 e. The first-order chi connectivity index (χ1) is 11.7. The minimum absolute atomic E-state index is 0.0523. The molecule has 0 amide bonds. The van der Waals surface area contributed by atoms with Gasteiger partial charge in [0.15, 0.2) is 24.6 Å². The maximum Gasteiger partial charge on any atom is 0.303 e. The summed E-state index contributed by atoms with van der Waals surface area (Å²) in [6, 6.07) is 0. The summed E-state index contributed by atoms with van der Waals surface area (Å²) in [5, 5.41) is 10.2. The van der Waals surface area contributed by atoms with Crippen LogP contribution in [0.25, 0.3) is 0 Å². The van der Waals surface area contributed by atoms with Crippen LogP contribution in [0.1, 0.15) is 20.8 Å². The highest BCUT2D eigenvalue weighted by atomic mass is 16.7. The van der Waals surface area contributed by atoms with Gasteiger partial charge in [0, 0.05) is 35.0 Å². The van der Waals surface area contributed by atoms with Crippen LogP contribution in [0.5, 0.6) is 0 Å². The first kappa shape index (κ1) is 21.3. The maximum atomic E-state index is 11.5. The summed E-state index contributed by atoms with van der Waals surface area (Å²) >= 11 is 0. The summed E-state index contributed by atoms with van der Waals surface area (Å²) in [6.45, 7) is 3.46. The molecule has 144 valence electrons. The van der Waals surface area contributed by atoms with Gasteiger partial charge in [0.05, 0.1) is 6.61 Å². The zero-order valence-electron chi connectivity index (χ0n) is 14.8. The fourth-order valence-corrected chi connectivity index (χ4v) is 2.58. The zero-order chi connectivity index (χ0) is 19.1. The van der Waals surface area contributed by atoms with E-state index in [1.807, 2.05) is 0 Å². The van der Waals surface area contributed by atoms with Crippen molar-refractivity contribution in [3.63, 3.8) is 0 Å². The number of ether oxygens (including phenoxy) is 6. The second kappa shape index (κ2) is 9.66. The maximum absolute atomic E-state index is 11.5. The Bertz CT molecular complexity index is 479. The Morgan fingerprint density at radius 2 is 1.40 bits per heavy atom. The molecular weight excluding hydrogens is 340 g/mol. The number of carbonyl (C=O) groups excluding carboxylic acids is 3. The van der Waals surface area contributed by atoms with E-state index in [-0.39, 0.29) is 6.61 Å². The standard InChI is InChI=1S/C15H24O10/c1-7(16)22-12-11(10(21-5)6-20-4)25-15(19)14(24-9(3)18)13(12)23-8(2)17/h10-15,19H,6H2,1-5H3/t10-,11-,12-,13+,14-,15?/m1/s1. The molecule has 1 fully saturated rings. The first-order valence-corrected chi connectivity index (χ1v) is 7.58. The minimum Gasteiger partial charge on any atom is -0.456 e. The lowest BCUT2D eigenvalue weighted by atomic mass is 9.94. The minimum atomic E-state index is -1.63. The zero-order valence-corrected chi connectivity index (χ0v) is 14.8. The molecule has 1 rings (SSSR count). The van der Waals surface area contributed by atoms with E-state index in [2.05, 4.69) is 0 Å². The van der Waals surface area contributed by atoms with Crippen LogP contribution in [-0.2, 0) is 42.8 Å². The third-order valence-corrected chi connectivity index (χ3v) is 3.46. The summed E-state index contributed by atoms with van der Waals surface area (Å²) < 4.78 is 31.1. The van der Waals surface area contributed by atoms with Gasteiger partial charge in [-0.2, -0.15) is 0 Å². The third kappa shape index (κ3) is 5.92. The smallest absolute Gasteiger partial charge is 0.303 e. The number of rotatable bonds is 7. The SMILES string of the molecule is COC[C@@H](OC)[C@H]1OC(O)[C@H](OC(C)=O)[C@@H](OC(C)=O)[C@@H]1OC(C)=O. The molecule has 10 heteroatoms. The number of carbonyl (C=O) groups is 3. The van der Waals surface area contributed by atoms with Crippen molar-refractivity contribution in [2.45, 2.75) is 57.6 Å². The van der Waals surface area contributed by atoms with Crippen molar-refractivity contribution in [2.24, 2.45) is 0 Å². The highest BCUT2D eigenvalue weighted by molar-refractivity contribution is 5.68. The van der Waals surface area contributed by atoms with Gasteiger partial charge in [0.25, 0.3) is 0 Å². The topological polar surface area (TPSA) is 127 Å². The highest BCUT2D eigenvalue weighted by Gasteiger charge is 2.53. The molecule has 1 unspecified atom stereocenters. The summed E-state index contributed by atoms with van der Waals surface area (Å²) in [6.07, 6.45) is -7.25. The molecule has 0 aromatic heterocycles. The number of aliphatic hydroxyl groups is 1. The lowest BCUT2D eigenvalue weighted by Gasteiger charge is -2.44. The van der Waals surface area contributed by atoms with Crippen molar-refractivity contribution in [3.05, 3.63) is 0 Å². The van der Waals surface area contributed by atoms with E-state index in [4.69, 9.17) is 28.4 Å². The Hall–Kier alpha value is -1.75. The van der Waals surface area contributed by atoms with Crippen LogP contribution in [0.3, 0.4) is 0 Å². The van der Waals surface area contributed by atoms with Gasteiger partial charge < -0.3 is 33.5 Å². The van der Waals surface area contributed by atoms with E-state index in [0.29, 0.717) is 0 Å². The second-order valence-corrected chi connectivity index (χ2v) is 5.44. The lowest BCUT2D eigenvalue weighted by Crippen LogP contribution is -2.64. The van der Waals surface area contributed by atoms with E-state index in [1.54, 1.807) is 0 Å². The summed E-state index contributed by atoms with van der Waals surface area (Å²) in [5.41, 5.74) is 0. The molecule has 0 aliphatic carbocycles. The fourth-order valence-electron chi connectivity index (χ4n) is 2.58. The van der Waals surface area contributed by atoms with E-state index in [9.17, 15) is 19.5 Å². The fraction of sp³-hybridized carbons (Fsp3) is 0.800. The van der Waals surface area contributed by atoms with Gasteiger partial charge in [-0.25, -0.2) is 0 Å². The Morgan fingerprint density at radius 1 is 0.920 bits per heavy atom. The predicted octanol–water partition coefficient (Wildman–Crippen LogP) is -0.840. The van der Waals surface area contributed by atoms with Crippen molar-refractivity contribution in [2.75, 3.05) is 20.8 Å². The number of methoxy groups -OCH3 is 2. The molecule has 0 radical (unpaired) electrons. The van der Waals surface area contributed by atoms with Crippen LogP contribution in [0, 0.1) is 0 Å². The van der Waals surface area contributed by atoms with Gasteiger partial charge >= 0.3 is 17.9 Å². The van der Waals surface area contributed by atoms with E-state index in [1.165, 1.54) is 14.2 Å². The number of esters is 3. The third-order valence-electron chi connectivity index (χ3n) is 3.46. The molecule has 0 aromatic carbocycles. The van der Waals surface area contributed by atoms with Crippen LogP contribution in [0.4, 0.5) is 0 Å². The summed E-state index contributed by atoms with van der Waals surface area (Å²) in [4.78, 5) is 34.3. The second-order valence-electron chi connectivity index (χ2n) is 5.44. The van der Waals surface area contributed by atoms with E-state index >= 15 is 0 Å². The Morgan fingerprint density at radius 3 is 1.84 bits per heavy atom. The van der Waals surface area contributed by atoms with Gasteiger partial charge in [-0.15, -0.1) is 0 Å². The molecule has 1 saturated heterocycles. The number of aliphatic hydroxyl groups excluding tert-OH is 1. The van der Waals surface area contributed by atoms with Gasteiger partial charge in [0.1, 0.15) is 12.2 Å². The quantitative estimate of drug-likeness (QED) is 0.451. The number of hydrogen-bond acceptors (Lipinski definition) is 10. The molecule has 1 heterocycles. The lowest BCUT2D eigenvalue weighted by molar-refractivity contribution is -0.307. The van der Waals surface area contributed by atoms with Crippen LogP contribution in [-0.4, -0.2) is 80.7 Å². The van der Waals surface area contributed by atoms with Crippen molar-refractivity contribution >= 4 is 17.9 Å². The first-order valence-electron chi connectivity index (χ1n) is 7.58. The molecule has 6 atom stereocenters. The summed E-state index contributed by atoms with van der Waals surface area (Å²) in [7, 11) is 2.81. The van der Waals surface area contributed by atoms with E-state index < -0.39 is 54.7 Å². The molecule has 0 bridgehead atoms. The van der Waals surface area contributed by atoms with Crippen molar-refractivity contribution < 1.29 is 47.9 Å². The molecule has 0 aromatic rings. The average molecular weight is 364 g/mol. The van der Waals surface area contributed by atoms with Gasteiger partial charge in [0.2, 0.25) is 0 Å². The molecule has 25 heavy (non-hydrogen) atoms. The van der Waals surface area contributed by atoms with Crippen molar-refractivity contribution in [3.8, 4) is 0 Å². The van der Waals surface area contributed by atoms with E-state index in [0.717, 1.165) is 20.8 Å². The van der Waals surface area contributed by atoms with Crippen molar-refractivity contribution in [1.82, 2.24) is 0 Å². The molecule has 0 spiro atoms. The number of hydrogen-bond donors (Lipinski definition) is 1. The molecular formula is C15H24O10. The van der Waals surface area contributed by atoms with Crippen molar-refractivity contribution in [1.29, 1.82) is 0 Å². The van der Waals surface area contributed by atoms with Gasteiger partial charge in [-0.1, -0.05) is 0 Å². The molecule has 0 saturated carbocycles. The molecule has 1 aliphatic heterocycles. The Labute approximate surface area is 145 Å².